The normalized spacial score (nSPS) is 10.6. The van der Waals surface area contributed by atoms with Crippen LogP contribution in [0, 0.1) is 6.92 Å². The molecule has 1 aromatic rings. The topological polar surface area (TPSA) is 86.5 Å². The summed E-state index contributed by atoms with van der Waals surface area (Å²) in [7, 11) is 2.71. The Bertz CT molecular complexity index is 308. The Kier molecular flexibility index (Phi) is 3.55. The van der Waals surface area contributed by atoms with Gasteiger partial charge in [0.25, 0.3) is 5.91 Å². The van der Waals surface area contributed by atoms with Crippen LogP contribution in [0.5, 0.6) is 0 Å². The number of ether oxygens (including phenoxy) is 2. The molecule has 0 saturated carbocycles. The third-order valence-corrected chi connectivity index (χ3v) is 1.40. The zero-order valence-corrected chi connectivity index (χ0v) is 8.10. The lowest BCUT2D eigenvalue weighted by molar-refractivity contribution is -0.153. The molecule has 0 aliphatic carbocycles. The fourth-order valence-electron chi connectivity index (χ4n) is 0.822. The van der Waals surface area contributed by atoms with E-state index >= 15 is 0 Å². The molecule has 0 spiro atoms. The van der Waals surface area contributed by atoms with Gasteiger partial charge < -0.3 is 14.0 Å². The van der Waals surface area contributed by atoms with Crippen molar-refractivity contribution >= 4 is 11.9 Å². The summed E-state index contributed by atoms with van der Waals surface area (Å²) in [5.74, 6) is -0.0645. The van der Waals surface area contributed by atoms with Crippen molar-refractivity contribution < 1.29 is 18.8 Å². The predicted octanol–water partition coefficient (Wildman–Crippen LogP) is -0.0646. The van der Waals surface area contributed by atoms with Gasteiger partial charge in [-0.15, -0.1) is 0 Å². The number of anilines is 1. The molecule has 0 unspecified atom stereocenters. The first-order valence-corrected chi connectivity index (χ1v) is 3.84. The van der Waals surface area contributed by atoms with Crippen molar-refractivity contribution in [1.82, 2.24) is 10.1 Å². The molecule has 0 aliphatic rings. The first-order chi connectivity index (χ1) is 6.67. The fraction of sp³-hybridized carbons (Fsp3) is 0.571. The van der Waals surface area contributed by atoms with E-state index in [-0.39, 0.29) is 6.01 Å². The summed E-state index contributed by atoms with van der Waals surface area (Å²) >= 11 is 0. The molecule has 1 rings (SSSR count). The molecule has 0 aromatic carbocycles. The molecular formula is C7H11N3O4. The average molecular weight is 201 g/mol. The highest BCUT2D eigenvalue weighted by Gasteiger charge is 2.18. The summed E-state index contributed by atoms with van der Waals surface area (Å²) in [6.45, 7) is 1.64. The molecule has 0 saturated heterocycles. The molecule has 7 heteroatoms. The number of hydrogen-bond acceptors (Lipinski definition) is 6. The SMILES string of the molecule is COC(OC)C(=O)Nc1nc(C)no1. The molecule has 0 aliphatic heterocycles. The quantitative estimate of drug-likeness (QED) is 0.686. The number of aromatic nitrogens is 2. The van der Waals surface area contributed by atoms with Crippen molar-refractivity contribution in [2.45, 2.75) is 13.2 Å². The van der Waals surface area contributed by atoms with E-state index in [0.717, 1.165) is 0 Å². The van der Waals surface area contributed by atoms with E-state index in [2.05, 4.69) is 20.0 Å². The highest BCUT2D eigenvalue weighted by atomic mass is 16.7. The Balaban J connectivity index is 2.56. The Morgan fingerprint density at radius 1 is 1.50 bits per heavy atom. The van der Waals surface area contributed by atoms with E-state index in [1.165, 1.54) is 14.2 Å². The molecule has 0 atom stereocenters. The van der Waals surface area contributed by atoms with Crippen LogP contribution in [0.4, 0.5) is 6.01 Å². The minimum Gasteiger partial charge on any atom is -0.348 e. The second-order valence-corrected chi connectivity index (χ2v) is 2.44. The van der Waals surface area contributed by atoms with Crippen molar-refractivity contribution in [2.75, 3.05) is 19.5 Å². The lowest BCUT2D eigenvalue weighted by Gasteiger charge is -2.10. The van der Waals surface area contributed by atoms with E-state index in [4.69, 9.17) is 9.47 Å². The zero-order valence-electron chi connectivity index (χ0n) is 8.10. The van der Waals surface area contributed by atoms with E-state index in [9.17, 15) is 4.79 Å². The predicted molar refractivity (Wildman–Crippen MR) is 45.5 cm³/mol. The number of nitrogens with one attached hydrogen (secondary N) is 1. The van der Waals surface area contributed by atoms with E-state index in [1.807, 2.05) is 0 Å². The maximum Gasteiger partial charge on any atom is 0.328 e. The average Bonchev–Trinajstić information content (AvgIpc) is 2.53. The molecule has 1 N–H and O–H groups in total. The highest BCUT2D eigenvalue weighted by Crippen LogP contribution is 2.03. The summed E-state index contributed by atoms with van der Waals surface area (Å²) in [6, 6.07) is 0.0200. The maximum absolute atomic E-state index is 11.3. The van der Waals surface area contributed by atoms with Crippen LogP contribution in [0.3, 0.4) is 0 Å². The summed E-state index contributed by atoms with van der Waals surface area (Å²) in [5, 5.41) is 5.83. The monoisotopic (exact) mass is 201 g/mol. The molecule has 78 valence electrons. The van der Waals surface area contributed by atoms with Gasteiger partial charge in [0.2, 0.25) is 6.29 Å². The van der Waals surface area contributed by atoms with Gasteiger partial charge in [-0.1, -0.05) is 5.16 Å². The number of aryl methyl sites for hydroxylation is 1. The largest absolute Gasteiger partial charge is 0.348 e. The van der Waals surface area contributed by atoms with E-state index in [1.54, 1.807) is 6.92 Å². The first-order valence-electron chi connectivity index (χ1n) is 3.84. The number of nitrogens with zero attached hydrogens (tertiary/aromatic N) is 2. The van der Waals surface area contributed by atoms with Crippen LogP contribution in [0.2, 0.25) is 0 Å². The number of methoxy groups -OCH3 is 2. The minimum atomic E-state index is -0.984. The standard InChI is InChI=1S/C7H11N3O4/c1-4-8-7(14-10-4)9-5(11)6(12-2)13-3/h6H,1-3H3,(H,8,9,10,11). The molecule has 1 amide bonds. The third-order valence-electron chi connectivity index (χ3n) is 1.40. The van der Waals surface area contributed by atoms with Gasteiger partial charge in [0, 0.05) is 14.2 Å². The molecule has 0 fully saturated rings. The lowest BCUT2D eigenvalue weighted by Crippen LogP contribution is -2.31. The summed E-state index contributed by atoms with van der Waals surface area (Å²) in [6.07, 6.45) is -0.984. The molecule has 1 aromatic heterocycles. The molecule has 14 heavy (non-hydrogen) atoms. The second kappa shape index (κ2) is 4.68. The molecular weight excluding hydrogens is 190 g/mol. The summed E-state index contributed by atoms with van der Waals surface area (Å²) in [5.41, 5.74) is 0. The summed E-state index contributed by atoms with van der Waals surface area (Å²) < 4.78 is 14.1. The van der Waals surface area contributed by atoms with Crippen molar-refractivity contribution in [3.05, 3.63) is 5.82 Å². The van der Waals surface area contributed by atoms with Gasteiger partial charge in [-0.05, 0) is 6.92 Å². The van der Waals surface area contributed by atoms with Gasteiger partial charge in [-0.25, -0.2) is 0 Å². The Labute approximate surface area is 80.4 Å². The summed E-state index contributed by atoms with van der Waals surface area (Å²) in [4.78, 5) is 15.1. The van der Waals surface area contributed by atoms with Crippen molar-refractivity contribution in [1.29, 1.82) is 0 Å². The van der Waals surface area contributed by atoms with Gasteiger partial charge in [0.15, 0.2) is 5.82 Å². The van der Waals surface area contributed by atoms with Crippen LogP contribution in [0.25, 0.3) is 0 Å². The molecule has 0 radical (unpaired) electrons. The number of carbonyl (C=O) groups excluding carboxylic acids is 1. The highest BCUT2D eigenvalue weighted by molar-refractivity contribution is 5.91. The van der Waals surface area contributed by atoms with Gasteiger partial charge in [-0.2, -0.15) is 4.98 Å². The Hall–Kier alpha value is -1.47. The Morgan fingerprint density at radius 2 is 2.14 bits per heavy atom. The van der Waals surface area contributed by atoms with E-state index < -0.39 is 12.2 Å². The number of carbonyl (C=O) groups is 1. The number of rotatable bonds is 4. The smallest absolute Gasteiger partial charge is 0.328 e. The van der Waals surface area contributed by atoms with Crippen LogP contribution < -0.4 is 5.32 Å². The fourth-order valence-corrected chi connectivity index (χ4v) is 0.822. The molecule has 0 bridgehead atoms. The van der Waals surface area contributed by atoms with Crippen LogP contribution >= 0.6 is 0 Å². The van der Waals surface area contributed by atoms with Gasteiger partial charge in [0.05, 0.1) is 0 Å². The van der Waals surface area contributed by atoms with Gasteiger partial charge in [-0.3, -0.25) is 10.1 Å². The van der Waals surface area contributed by atoms with Gasteiger partial charge in [0.1, 0.15) is 0 Å². The van der Waals surface area contributed by atoms with E-state index in [0.29, 0.717) is 5.82 Å². The molecule has 7 nitrogen and oxygen atoms in total. The second-order valence-electron chi connectivity index (χ2n) is 2.44. The van der Waals surface area contributed by atoms with Crippen LogP contribution in [0.1, 0.15) is 5.82 Å². The van der Waals surface area contributed by atoms with Crippen LogP contribution in [-0.2, 0) is 14.3 Å². The van der Waals surface area contributed by atoms with Crippen LogP contribution in [0.15, 0.2) is 4.52 Å². The zero-order chi connectivity index (χ0) is 10.6. The minimum absolute atomic E-state index is 0.0200. The lowest BCUT2D eigenvalue weighted by atomic mass is 10.6. The number of hydrogen-bond donors (Lipinski definition) is 1. The van der Waals surface area contributed by atoms with Crippen molar-refractivity contribution in [2.24, 2.45) is 0 Å². The third kappa shape index (κ3) is 2.51. The van der Waals surface area contributed by atoms with Crippen molar-refractivity contribution in [3.8, 4) is 0 Å². The van der Waals surface area contributed by atoms with Gasteiger partial charge >= 0.3 is 6.01 Å². The van der Waals surface area contributed by atoms with Crippen LogP contribution in [-0.4, -0.2) is 36.6 Å². The first kappa shape index (κ1) is 10.6. The molecule has 1 heterocycles. The number of amides is 1. The van der Waals surface area contributed by atoms with Crippen molar-refractivity contribution in [3.63, 3.8) is 0 Å². The maximum atomic E-state index is 11.3. The Morgan fingerprint density at radius 3 is 2.57 bits per heavy atom.